The quantitative estimate of drug-likeness (QED) is 0.920. The molecule has 0 fully saturated rings. The molecule has 0 saturated heterocycles. The summed E-state index contributed by atoms with van der Waals surface area (Å²) in [7, 11) is 1.55. The van der Waals surface area contributed by atoms with E-state index in [4.69, 9.17) is 5.73 Å². The number of hydrogen-bond donors (Lipinski definition) is 1. The number of aromatic nitrogens is 1. The lowest BCUT2D eigenvalue weighted by Crippen LogP contribution is -2.39. The fourth-order valence-electron chi connectivity index (χ4n) is 2.07. The van der Waals surface area contributed by atoms with Crippen LogP contribution in [0.4, 0.5) is 0 Å². The highest BCUT2D eigenvalue weighted by molar-refractivity contribution is 9.10. The molecule has 108 valence electrons. The van der Waals surface area contributed by atoms with Gasteiger partial charge in [0, 0.05) is 23.9 Å². The Morgan fingerprint density at radius 2 is 2.05 bits per heavy atom. The van der Waals surface area contributed by atoms with E-state index in [1.807, 2.05) is 6.07 Å². The number of carbonyl (C=O) groups excluding carboxylic acids is 2. The lowest BCUT2D eigenvalue weighted by molar-refractivity contribution is -0.122. The van der Waals surface area contributed by atoms with Crippen molar-refractivity contribution in [2.75, 3.05) is 7.05 Å². The van der Waals surface area contributed by atoms with Gasteiger partial charge in [0.05, 0.1) is 5.56 Å². The monoisotopic (exact) mass is 347 g/mol. The molecule has 0 radical (unpaired) electrons. The summed E-state index contributed by atoms with van der Waals surface area (Å²) in [5.41, 5.74) is 6.53. The molecule has 5 nitrogen and oxygen atoms in total. The predicted molar refractivity (Wildman–Crippen MR) is 82.4 cm³/mol. The first-order valence-corrected chi connectivity index (χ1v) is 7.02. The van der Waals surface area contributed by atoms with Gasteiger partial charge in [0.1, 0.15) is 6.04 Å². The summed E-state index contributed by atoms with van der Waals surface area (Å²) < 4.78 is 0.813. The number of nitrogens with zero attached hydrogens (tertiary/aromatic N) is 2. The molecular formula is C15H14BrN3O2. The van der Waals surface area contributed by atoms with E-state index in [-0.39, 0.29) is 5.91 Å². The number of amides is 2. The van der Waals surface area contributed by atoms with E-state index in [1.54, 1.807) is 43.6 Å². The third-order valence-corrected chi connectivity index (χ3v) is 3.54. The van der Waals surface area contributed by atoms with Gasteiger partial charge in [0.2, 0.25) is 5.91 Å². The highest BCUT2D eigenvalue weighted by Crippen LogP contribution is 2.23. The van der Waals surface area contributed by atoms with Crippen LogP contribution >= 0.6 is 15.9 Å². The van der Waals surface area contributed by atoms with Crippen molar-refractivity contribution in [2.45, 2.75) is 6.04 Å². The zero-order valence-corrected chi connectivity index (χ0v) is 12.9. The average molecular weight is 348 g/mol. The van der Waals surface area contributed by atoms with Crippen LogP contribution in [0.5, 0.6) is 0 Å². The molecule has 1 aromatic heterocycles. The lowest BCUT2D eigenvalue weighted by Gasteiger charge is -2.26. The number of likely N-dealkylation sites (N-methyl/N-ethyl adjacent to an activating group) is 1. The van der Waals surface area contributed by atoms with E-state index >= 15 is 0 Å². The van der Waals surface area contributed by atoms with Gasteiger partial charge in [0.15, 0.2) is 0 Å². The summed E-state index contributed by atoms with van der Waals surface area (Å²) in [4.78, 5) is 29.4. The SMILES string of the molecule is CN(C(=O)c1cccnc1)[C@@H](C(N)=O)c1cccc(Br)c1. The van der Waals surface area contributed by atoms with E-state index in [1.165, 1.54) is 11.1 Å². The minimum absolute atomic E-state index is 0.313. The Kier molecular flexibility index (Phi) is 4.70. The molecule has 2 amide bonds. The standard InChI is InChI=1S/C15H14BrN3O2/c1-19(15(21)11-5-3-7-18-9-11)13(14(17)20)10-4-2-6-12(16)8-10/h2-9,13H,1H3,(H2,17,20)/t13-/m1/s1. The molecule has 0 bridgehead atoms. The fourth-order valence-corrected chi connectivity index (χ4v) is 2.48. The van der Waals surface area contributed by atoms with Gasteiger partial charge in [0.25, 0.3) is 5.91 Å². The Morgan fingerprint density at radius 1 is 1.29 bits per heavy atom. The second kappa shape index (κ2) is 6.49. The molecule has 1 atom stereocenters. The number of pyridine rings is 1. The van der Waals surface area contributed by atoms with E-state index in [0.717, 1.165) is 4.47 Å². The van der Waals surface area contributed by atoms with Crippen LogP contribution < -0.4 is 5.73 Å². The van der Waals surface area contributed by atoms with Crippen LogP contribution in [0.25, 0.3) is 0 Å². The molecule has 1 aromatic carbocycles. The normalized spacial score (nSPS) is 11.7. The highest BCUT2D eigenvalue weighted by Gasteiger charge is 2.27. The number of hydrogen-bond acceptors (Lipinski definition) is 3. The Labute approximate surface area is 130 Å². The second-order valence-corrected chi connectivity index (χ2v) is 5.43. The summed E-state index contributed by atoms with van der Waals surface area (Å²) >= 11 is 3.35. The number of rotatable bonds is 4. The Morgan fingerprint density at radius 3 is 2.62 bits per heavy atom. The zero-order chi connectivity index (χ0) is 15.4. The summed E-state index contributed by atoms with van der Waals surface area (Å²) in [6.45, 7) is 0. The van der Waals surface area contributed by atoms with E-state index < -0.39 is 11.9 Å². The van der Waals surface area contributed by atoms with Crippen LogP contribution in [-0.2, 0) is 4.79 Å². The molecule has 0 aliphatic rings. The minimum atomic E-state index is -0.838. The molecular weight excluding hydrogens is 334 g/mol. The molecule has 0 unspecified atom stereocenters. The van der Waals surface area contributed by atoms with Crippen LogP contribution in [0.3, 0.4) is 0 Å². The van der Waals surface area contributed by atoms with Gasteiger partial charge in [-0.3, -0.25) is 14.6 Å². The molecule has 0 aliphatic carbocycles. The maximum Gasteiger partial charge on any atom is 0.256 e. The molecule has 2 aromatic rings. The summed E-state index contributed by atoms with van der Waals surface area (Å²) in [6.07, 6.45) is 3.04. The molecule has 0 saturated carbocycles. The Hall–Kier alpha value is -2.21. The van der Waals surface area contributed by atoms with Crippen molar-refractivity contribution in [3.05, 3.63) is 64.4 Å². The van der Waals surface area contributed by atoms with Crippen molar-refractivity contribution in [3.63, 3.8) is 0 Å². The third-order valence-electron chi connectivity index (χ3n) is 3.05. The molecule has 0 spiro atoms. The summed E-state index contributed by atoms with van der Waals surface area (Å²) in [5, 5.41) is 0. The second-order valence-electron chi connectivity index (χ2n) is 4.52. The number of halogens is 1. The first-order chi connectivity index (χ1) is 10.0. The number of carbonyl (C=O) groups is 2. The van der Waals surface area contributed by atoms with E-state index in [9.17, 15) is 9.59 Å². The van der Waals surface area contributed by atoms with Gasteiger partial charge in [-0.15, -0.1) is 0 Å². The first-order valence-electron chi connectivity index (χ1n) is 6.22. The van der Waals surface area contributed by atoms with E-state index in [2.05, 4.69) is 20.9 Å². The van der Waals surface area contributed by atoms with Crippen LogP contribution in [0.1, 0.15) is 22.0 Å². The predicted octanol–water partition coefficient (Wildman–Crippen LogP) is 2.14. The van der Waals surface area contributed by atoms with Gasteiger partial charge in [-0.25, -0.2) is 0 Å². The largest absolute Gasteiger partial charge is 0.368 e. The number of nitrogens with two attached hydrogens (primary N) is 1. The molecule has 6 heteroatoms. The topological polar surface area (TPSA) is 76.3 Å². The van der Waals surface area contributed by atoms with Crippen LogP contribution in [0.2, 0.25) is 0 Å². The van der Waals surface area contributed by atoms with E-state index in [0.29, 0.717) is 11.1 Å². The smallest absolute Gasteiger partial charge is 0.256 e. The van der Waals surface area contributed by atoms with Crippen molar-refractivity contribution < 1.29 is 9.59 Å². The Bertz CT molecular complexity index is 661. The zero-order valence-electron chi connectivity index (χ0n) is 11.4. The van der Waals surface area contributed by atoms with Gasteiger partial charge in [-0.05, 0) is 29.8 Å². The summed E-state index contributed by atoms with van der Waals surface area (Å²) in [6, 6.07) is 9.62. The fraction of sp³-hybridized carbons (Fsp3) is 0.133. The minimum Gasteiger partial charge on any atom is -0.368 e. The van der Waals surface area contributed by atoms with Crippen molar-refractivity contribution in [1.82, 2.24) is 9.88 Å². The highest BCUT2D eigenvalue weighted by atomic mass is 79.9. The van der Waals surface area contributed by atoms with Crippen molar-refractivity contribution in [2.24, 2.45) is 5.73 Å². The van der Waals surface area contributed by atoms with Crippen molar-refractivity contribution >= 4 is 27.7 Å². The maximum atomic E-state index is 12.4. The average Bonchev–Trinajstić information content (AvgIpc) is 2.47. The Balaban J connectivity index is 2.35. The van der Waals surface area contributed by atoms with Crippen LogP contribution in [0.15, 0.2) is 53.3 Å². The van der Waals surface area contributed by atoms with Crippen LogP contribution in [-0.4, -0.2) is 28.7 Å². The maximum absolute atomic E-state index is 12.4. The third kappa shape index (κ3) is 3.46. The summed E-state index contributed by atoms with van der Waals surface area (Å²) in [5.74, 6) is -0.903. The molecule has 2 N–H and O–H groups in total. The molecule has 2 rings (SSSR count). The molecule has 21 heavy (non-hydrogen) atoms. The lowest BCUT2D eigenvalue weighted by atomic mass is 10.0. The van der Waals surface area contributed by atoms with Gasteiger partial charge < -0.3 is 10.6 Å². The van der Waals surface area contributed by atoms with Crippen molar-refractivity contribution in [1.29, 1.82) is 0 Å². The first kappa shape index (κ1) is 15.2. The van der Waals surface area contributed by atoms with Gasteiger partial charge in [-0.1, -0.05) is 28.1 Å². The number of benzene rings is 1. The van der Waals surface area contributed by atoms with Gasteiger partial charge in [-0.2, -0.15) is 0 Å². The van der Waals surface area contributed by atoms with Gasteiger partial charge >= 0.3 is 0 Å². The molecule has 1 heterocycles. The van der Waals surface area contributed by atoms with Crippen molar-refractivity contribution in [3.8, 4) is 0 Å². The molecule has 0 aliphatic heterocycles. The number of primary amides is 1. The van der Waals surface area contributed by atoms with Crippen LogP contribution in [0, 0.1) is 0 Å².